The van der Waals surface area contributed by atoms with E-state index in [1.807, 2.05) is 11.6 Å². The molecule has 4 nitrogen and oxygen atoms in total. The molecule has 5 heteroatoms. The van der Waals surface area contributed by atoms with Gasteiger partial charge in [-0.25, -0.2) is 0 Å². The molecule has 0 saturated heterocycles. The summed E-state index contributed by atoms with van der Waals surface area (Å²) in [6.07, 6.45) is 2.92. The molecule has 0 aliphatic heterocycles. The maximum Gasteiger partial charge on any atom is 0.0596 e. The quantitative estimate of drug-likeness (QED) is 0.488. The fourth-order valence-electron chi connectivity index (χ4n) is 2.36. The normalized spacial score (nSPS) is 12.6. The first-order valence-corrected chi connectivity index (χ1v) is 8.03. The predicted molar refractivity (Wildman–Crippen MR) is 84.6 cm³/mol. The molecule has 0 bridgehead atoms. The van der Waals surface area contributed by atoms with Crippen molar-refractivity contribution in [1.29, 1.82) is 0 Å². The van der Waals surface area contributed by atoms with Crippen molar-refractivity contribution in [3.63, 3.8) is 0 Å². The van der Waals surface area contributed by atoms with Crippen molar-refractivity contribution in [2.45, 2.75) is 37.8 Å². The Labute approximate surface area is 124 Å². The topological polar surface area (TPSA) is 55.9 Å². The largest absolute Gasteiger partial charge is 0.271 e. The van der Waals surface area contributed by atoms with Gasteiger partial charge < -0.3 is 0 Å². The summed E-state index contributed by atoms with van der Waals surface area (Å²) in [5.41, 5.74) is 6.38. The van der Waals surface area contributed by atoms with Crippen LogP contribution < -0.4 is 11.3 Å². The third-order valence-electron chi connectivity index (χ3n) is 3.42. The van der Waals surface area contributed by atoms with Gasteiger partial charge in [-0.05, 0) is 43.9 Å². The zero-order valence-electron chi connectivity index (χ0n) is 12.3. The highest BCUT2D eigenvalue weighted by molar-refractivity contribution is 7.98. The second-order valence-electron chi connectivity index (χ2n) is 4.79. The lowest BCUT2D eigenvalue weighted by Gasteiger charge is -2.17. The van der Waals surface area contributed by atoms with E-state index in [1.165, 1.54) is 16.2 Å². The van der Waals surface area contributed by atoms with Crippen molar-refractivity contribution in [3.05, 3.63) is 47.3 Å². The highest BCUT2D eigenvalue weighted by Gasteiger charge is 2.14. The number of thioether (sulfide) groups is 1. The number of hydrogen-bond acceptors (Lipinski definition) is 4. The predicted octanol–water partition coefficient (Wildman–Crippen LogP) is 2.68. The van der Waals surface area contributed by atoms with Crippen LogP contribution in [-0.2, 0) is 13.0 Å². The van der Waals surface area contributed by atoms with Gasteiger partial charge in [0.15, 0.2) is 0 Å². The first-order chi connectivity index (χ1) is 9.67. The molecule has 3 N–H and O–H groups in total. The second-order valence-corrected chi connectivity index (χ2v) is 5.67. The Hall–Kier alpha value is -1.30. The Morgan fingerprint density at radius 2 is 2.05 bits per heavy atom. The number of nitrogens with zero attached hydrogens (tertiary/aromatic N) is 2. The summed E-state index contributed by atoms with van der Waals surface area (Å²) in [6.45, 7) is 5.01. The summed E-state index contributed by atoms with van der Waals surface area (Å²) < 4.78 is 2.04. The Balaban J connectivity index is 2.19. The van der Waals surface area contributed by atoms with Crippen molar-refractivity contribution < 1.29 is 0 Å². The Morgan fingerprint density at radius 1 is 1.35 bits per heavy atom. The highest BCUT2D eigenvalue weighted by Crippen LogP contribution is 2.22. The van der Waals surface area contributed by atoms with Crippen LogP contribution in [0.1, 0.15) is 29.9 Å². The molecule has 1 heterocycles. The molecule has 2 aromatic rings. The Kier molecular flexibility index (Phi) is 5.23. The lowest BCUT2D eigenvalue weighted by atomic mass is 10.0. The van der Waals surface area contributed by atoms with Gasteiger partial charge in [0.2, 0.25) is 0 Å². The molecule has 0 amide bonds. The van der Waals surface area contributed by atoms with E-state index in [4.69, 9.17) is 5.84 Å². The van der Waals surface area contributed by atoms with Gasteiger partial charge in [-0.2, -0.15) is 5.10 Å². The molecule has 0 fully saturated rings. The molecule has 0 spiro atoms. The molecule has 1 atom stereocenters. The number of hydrazine groups is 1. The van der Waals surface area contributed by atoms with E-state index >= 15 is 0 Å². The molecule has 1 aromatic heterocycles. The van der Waals surface area contributed by atoms with Gasteiger partial charge in [0.25, 0.3) is 0 Å². The van der Waals surface area contributed by atoms with Gasteiger partial charge in [0.1, 0.15) is 0 Å². The van der Waals surface area contributed by atoms with Crippen LogP contribution in [-0.4, -0.2) is 16.0 Å². The average Bonchev–Trinajstić information content (AvgIpc) is 2.84. The molecule has 1 unspecified atom stereocenters. The van der Waals surface area contributed by atoms with Crippen molar-refractivity contribution in [2.75, 3.05) is 6.26 Å². The third kappa shape index (κ3) is 3.42. The maximum atomic E-state index is 5.74. The molecule has 2 rings (SSSR count). The number of nitrogens with two attached hydrogens (primary N) is 1. The fourth-order valence-corrected chi connectivity index (χ4v) is 2.76. The summed E-state index contributed by atoms with van der Waals surface area (Å²) in [5.74, 6) is 5.74. The van der Waals surface area contributed by atoms with Crippen molar-refractivity contribution in [2.24, 2.45) is 5.84 Å². The van der Waals surface area contributed by atoms with Crippen LogP contribution >= 0.6 is 11.8 Å². The van der Waals surface area contributed by atoms with Crippen LogP contribution in [0.5, 0.6) is 0 Å². The molecular formula is C15H22N4S. The van der Waals surface area contributed by atoms with E-state index in [0.717, 1.165) is 18.7 Å². The van der Waals surface area contributed by atoms with E-state index in [1.54, 1.807) is 11.8 Å². The molecule has 1 aromatic carbocycles. The number of nitrogens with one attached hydrogen (secondary N) is 1. The summed E-state index contributed by atoms with van der Waals surface area (Å²) in [7, 11) is 0. The number of benzene rings is 1. The lowest BCUT2D eigenvalue weighted by molar-refractivity contribution is 0.517. The highest BCUT2D eigenvalue weighted by atomic mass is 32.2. The van der Waals surface area contributed by atoms with Crippen LogP contribution in [0.25, 0.3) is 0 Å². The zero-order chi connectivity index (χ0) is 14.5. The number of aryl methyl sites for hydroxylation is 2. The van der Waals surface area contributed by atoms with E-state index < -0.39 is 0 Å². The Morgan fingerprint density at radius 3 is 2.60 bits per heavy atom. The standard InChI is InChI=1S/C15H22N4S/c1-4-19-13(9-11(2)18-19)10-15(17-16)12-5-7-14(20-3)8-6-12/h5-9,15,17H,4,10,16H2,1-3H3. The number of aromatic nitrogens is 2. The van der Waals surface area contributed by atoms with Gasteiger partial charge in [0.05, 0.1) is 11.7 Å². The molecular weight excluding hydrogens is 268 g/mol. The van der Waals surface area contributed by atoms with Crippen LogP contribution in [0.2, 0.25) is 0 Å². The van der Waals surface area contributed by atoms with Gasteiger partial charge in [-0.15, -0.1) is 11.8 Å². The van der Waals surface area contributed by atoms with Gasteiger partial charge in [-0.3, -0.25) is 16.0 Å². The smallest absolute Gasteiger partial charge is 0.0596 e. The van der Waals surface area contributed by atoms with Crippen LogP contribution in [0.3, 0.4) is 0 Å². The van der Waals surface area contributed by atoms with E-state index in [2.05, 4.69) is 54.0 Å². The fraction of sp³-hybridized carbons (Fsp3) is 0.400. The van der Waals surface area contributed by atoms with Gasteiger partial charge in [-0.1, -0.05) is 12.1 Å². The van der Waals surface area contributed by atoms with Crippen molar-refractivity contribution in [3.8, 4) is 0 Å². The van der Waals surface area contributed by atoms with Crippen molar-refractivity contribution >= 4 is 11.8 Å². The van der Waals surface area contributed by atoms with Crippen LogP contribution in [0.15, 0.2) is 35.2 Å². The molecule has 0 aliphatic rings. The second kappa shape index (κ2) is 6.92. The zero-order valence-corrected chi connectivity index (χ0v) is 13.1. The lowest BCUT2D eigenvalue weighted by Crippen LogP contribution is -2.30. The average molecular weight is 290 g/mol. The molecule has 0 radical (unpaired) electrons. The first-order valence-electron chi connectivity index (χ1n) is 6.81. The molecule has 20 heavy (non-hydrogen) atoms. The summed E-state index contributed by atoms with van der Waals surface area (Å²) in [5, 5.41) is 4.48. The van der Waals surface area contributed by atoms with Gasteiger partial charge in [0, 0.05) is 23.6 Å². The van der Waals surface area contributed by atoms with Gasteiger partial charge >= 0.3 is 0 Å². The molecule has 0 saturated carbocycles. The SMILES string of the molecule is CCn1nc(C)cc1CC(NN)c1ccc(SC)cc1. The summed E-state index contributed by atoms with van der Waals surface area (Å²) >= 11 is 1.74. The Bertz CT molecular complexity index is 548. The molecule has 0 aliphatic carbocycles. The van der Waals surface area contributed by atoms with E-state index in [0.29, 0.717) is 0 Å². The molecule has 108 valence electrons. The van der Waals surface area contributed by atoms with Crippen LogP contribution in [0, 0.1) is 6.92 Å². The number of rotatable bonds is 6. The van der Waals surface area contributed by atoms with E-state index in [-0.39, 0.29) is 6.04 Å². The monoisotopic (exact) mass is 290 g/mol. The maximum absolute atomic E-state index is 5.74. The summed E-state index contributed by atoms with van der Waals surface area (Å²) in [4.78, 5) is 1.26. The minimum Gasteiger partial charge on any atom is -0.271 e. The third-order valence-corrected chi connectivity index (χ3v) is 4.16. The minimum absolute atomic E-state index is 0.104. The van der Waals surface area contributed by atoms with Crippen LogP contribution in [0.4, 0.5) is 0 Å². The van der Waals surface area contributed by atoms with E-state index in [9.17, 15) is 0 Å². The summed E-state index contributed by atoms with van der Waals surface area (Å²) in [6, 6.07) is 10.8. The minimum atomic E-state index is 0.104. The van der Waals surface area contributed by atoms with Crippen molar-refractivity contribution in [1.82, 2.24) is 15.2 Å². The first kappa shape index (κ1) is 15.1. The number of hydrogen-bond donors (Lipinski definition) is 2.